The maximum atomic E-state index is 13.1. The lowest BCUT2D eigenvalue weighted by atomic mass is 9.90. The highest BCUT2D eigenvalue weighted by molar-refractivity contribution is 6.05. The van der Waals surface area contributed by atoms with Crippen LogP contribution in [0.4, 0.5) is 0 Å². The van der Waals surface area contributed by atoms with E-state index in [0.29, 0.717) is 16.5 Å². The van der Waals surface area contributed by atoms with E-state index in [-0.39, 0.29) is 12.3 Å². The fraction of sp³-hybridized carbons (Fsp3) is 0.227. The summed E-state index contributed by atoms with van der Waals surface area (Å²) in [4.78, 5) is 30.4. The minimum atomic E-state index is -0.469. The number of ether oxygens (including phenoxy) is 1. The minimum Gasteiger partial charge on any atom is -0.439 e. The summed E-state index contributed by atoms with van der Waals surface area (Å²) >= 11 is 0. The van der Waals surface area contributed by atoms with Gasteiger partial charge >= 0.3 is 5.97 Å². The monoisotopic (exact) mass is 386 g/mol. The molecule has 1 aliphatic rings. The highest BCUT2D eigenvalue weighted by atomic mass is 16.5. The molecule has 2 aromatic carbocycles. The molecule has 4 aromatic rings. The normalized spacial score (nSPS) is 13.4. The second-order valence-corrected chi connectivity index (χ2v) is 7.11. The van der Waals surface area contributed by atoms with Gasteiger partial charge in [-0.25, -0.2) is 4.79 Å². The molecule has 0 saturated carbocycles. The van der Waals surface area contributed by atoms with Crippen molar-refractivity contribution in [3.63, 3.8) is 0 Å². The van der Waals surface area contributed by atoms with E-state index < -0.39 is 5.97 Å². The van der Waals surface area contributed by atoms with Gasteiger partial charge in [0.05, 0.1) is 16.5 Å². The lowest BCUT2D eigenvalue weighted by Crippen LogP contribution is -2.27. The smallest absolute Gasteiger partial charge is 0.340 e. The van der Waals surface area contributed by atoms with Gasteiger partial charge in [-0.3, -0.25) is 9.78 Å². The van der Waals surface area contributed by atoms with Gasteiger partial charge in [-0.2, -0.15) is 4.68 Å². The van der Waals surface area contributed by atoms with Crippen LogP contribution in [0.5, 0.6) is 0 Å². The lowest BCUT2D eigenvalue weighted by Gasteiger charge is -2.20. The number of para-hydroxylation sites is 1. The SMILES string of the molecule is O=C(OCn1nnc2ccccc2c1=O)c1c2c(nc3ccccc13)CCCC2. The second kappa shape index (κ2) is 7.09. The van der Waals surface area contributed by atoms with Crippen LogP contribution in [-0.4, -0.2) is 25.9 Å². The van der Waals surface area contributed by atoms with Gasteiger partial charge < -0.3 is 4.74 Å². The van der Waals surface area contributed by atoms with Gasteiger partial charge in [-0.05, 0) is 49.4 Å². The van der Waals surface area contributed by atoms with Crippen LogP contribution in [0.1, 0.15) is 34.5 Å². The first kappa shape index (κ1) is 17.5. The average molecular weight is 386 g/mol. The second-order valence-electron chi connectivity index (χ2n) is 7.11. The number of aryl methyl sites for hydroxylation is 1. The Balaban J connectivity index is 1.51. The van der Waals surface area contributed by atoms with Gasteiger partial charge in [0.1, 0.15) is 5.52 Å². The number of carbonyl (C=O) groups excluding carboxylic acids is 1. The van der Waals surface area contributed by atoms with Crippen molar-refractivity contribution in [3.05, 3.63) is 75.7 Å². The minimum absolute atomic E-state index is 0.291. The summed E-state index contributed by atoms with van der Waals surface area (Å²) in [5, 5.41) is 9.12. The summed E-state index contributed by atoms with van der Waals surface area (Å²) in [6.45, 7) is -0.291. The van der Waals surface area contributed by atoms with Crippen molar-refractivity contribution in [2.24, 2.45) is 0 Å². The van der Waals surface area contributed by atoms with Crippen molar-refractivity contribution in [1.29, 1.82) is 0 Å². The molecule has 0 bridgehead atoms. The first-order chi connectivity index (χ1) is 14.2. The summed E-state index contributed by atoms with van der Waals surface area (Å²) in [5.41, 5.74) is 3.41. The molecule has 0 aliphatic heterocycles. The summed E-state index contributed by atoms with van der Waals surface area (Å²) < 4.78 is 6.58. The van der Waals surface area contributed by atoms with Gasteiger partial charge in [-0.1, -0.05) is 35.5 Å². The van der Waals surface area contributed by atoms with E-state index >= 15 is 0 Å². The zero-order valence-corrected chi connectivity index (χ0v) is 15.7. The van der Waals surface area contributed by atoms with Gasteiger partial charge in [0.2, 0.25) is 0 Å². The Morgan fingerprint density at radius 1 is 0.966 bits per heavy atom. The van der Waals surface area contributed by atoms with Crippen LogP contribution in [0, 0.1) is 0 Å². The van der Waals surface area contributed by atoms with Crippen LogP contribution < -0.4 is 5.56 Å². The van der Waals surface area contributed by atoms with Crippen LogP contribution in [0.2, 0.25) is 0 Å². The molecule has 0 unspecified atom stereocenters. The number of benzene rings is 2. The maximum Gasteiger partial charge on any atom is 0.340 e. The largest absolute Gasteiger partial charge is 0.439 e. The molecule has 29 heavy (non-hydrogen) atoms. The Labute approximate surface area is 165 Å². The fourth-order valence-electron chi connectivity index (χ4n) is 3.91. The van der Waals surface area contributed by atoms with Crippen molar-refractivity contribution >= 4 is 27.8 Å². The number of esters is 1. The number of pyridine rings is 1. The van der Waals surface area contributed by atoms with E-state index in [2.05, 4.69) is 10.3 Å². The third-order valence-corrected chi connectivity index (χ3v) is 5.32. The van der Waals surface area contributed by atoms with Crippen LogP contribution in [0.15, 0.2) is 53.3 Å². The molecular formula is C22H18N4O3. The van der Waals surface area contributed by atoms with E-state index in [1.807, 2.05) is 24.3 Å². The van der Waals surface area contributed by atoms with E-state index in [9.17, 15) is 9.59 Å². The van der Waals surface area contributed by atoms with Crippen molar-refractivity contribution in [2.75, 3.05) is 0 Å². The van der Waals surface area contributed by atoms with Crippen LogP contribution in [-0.2, 0) is 24.3 Å². The molecule has 5 rings (SSSR count). The van der Waals surface area contributed by atoms with Crippen LogP contribution >= 0.6 is 0 Å². The number of rotatable bonds is 3. The third kappa shape index (κ3) is 3.04. The Bertz CT molecular complexity index is 1310. The standard InChI is InChI=1S/C22H18N4O3/c27-21-16-9-3-6-12-19(16)24-25-26(21)13-29-22(28)20-14-7-1-4-10-17(14)23-18-11-5-2-8-15(18)20/h1,3-4,6-7,9-10,12H,2,5,8,11,13H2. The molecule has 0 N–H and O–H groups in total. The average Bonchev–Trinajstić information content (AvgIpc) is 2.77. The summed E-state index contributed by atoms with van der Waals surface area (Å²) in [7, 11) is 0. The van der Waals surface area contributed by atoms with Gasteiger partial charge in [0.15, 0.2) is 6.73 Å². The van der Waals surface area contributed by atoms with Crippen LogP contribution in [0.3, 0.4) is 0 Å². The van der Waals surface area contributed by atoms with Gasteiger partial charge in [0, 0.05) is 11.1 Å². The predicted molar refractivity (Wildman–Crippen MR) is 108 cm³/mol. The predicted octanol–water partition coefficient (Wildman–Crippen LogP) is 3.03. The quantitative estimate of drug-likeness (QED) is 0.503. The fourth-order valence-corrected chi connectivity index (χ4v) is 3.91. The van der Waals surface area contributed by atoms with Gasteiger partial charge in [0.25, 0.3) is 5.56 Å². The Morgan fingerprint density at radius 3 is 2.55 bits per heavy atom. The number of hydrogen-bond donors (Lipinski definition) is 0. The highest BCUT2D eigenvalue weighted by Gasteiger charge is 2.23. The molecule has 2 aromatic heterocycles. The van der Waals surface area contributed by atoms with Crippen molar-refractivity contribution < 1.29 is 9.53 Å². The Morgan fingerprint density at radius 2 is 1.69 bits per heavy atom. The third-order valence-electron chi connectivity index (χ3n) is 5.32. The van der Waals surface area contributed by atoms with E-state index in [0.717, 1.165) is 52.5 Å². The molecule has 7 heteroatoms. The van der Waals surface area contributed by atoms with Crippen molar-refractivity contribution in [1.82, 2.24) is 20.0 Å². The summed E-state index contributed by atoms with van der Waals surface area (Å²) in [6.07, 6.45) is 3.74. The van der Waals surface area contributed by atoms with E-state index in [4.69, 9.17) is 9.72 Å². The van der Waals surface area contributed by atoms with Crippen LogP contribution in [0.25, 0.3) is 21.8 Å². The van der Waals surface area contributed by atoms with Crippen molar-refractivity contribution in [3.8, 4) is 0 Å². The topological polar surface area (TPSA) is 87.0 Å². The number of aromatic nitrogens is 4. The molecule has 2 heterocycles. The number of nitrogens with zero attached hydrogens (tertiary/aromatic N) is 4. The number of hydrogen-bond acceptors (Lipinski definition) is 6. The zero-order chi connectivity index (χ0) is 19.8. The summed E-state index contributed by atoms with van der Waals surface area (Å²) in [6, 6.07) is 14.5. The Kier molecular flexibility index (Phi) is 4.27. The first-order valence-electron chi connectivity index (χ1n) is 9.62. The molecule has 144 valence electrons. The lowest BCUT2D eigenvalue weighted by molar-refractivity contribution is 0.0336. The molecule has 0 atom stereocenters. The first-order valence-corrected chi connectivity index (χ1v) is 9.62. The van der Waals surface area contributed by atoms with E-state index in [1.54, 1.807) is 24.3 Å². The van der Waals surface area contributed by atoms with Crippen molar-refractivity contribution in [2.45, 2.75) is 32.4 Å². The molecular weight excluding hydrogens is 368 g/mol. The number of carbonyl (C=O) groups is 1. The molecule has 1 aliphatic carbocycles. The zero-order valence-electron chi connectivity index (χ0n) is 15.7. The molecule has 0 amide bonds. The molecule has 0 spiro atoms. The number of fused-ring (bicyclic) bond motifs is 3. The maximum absolute atomic E-state index is 13.1. The molecule has 0 radical (unpaired) electrons. The molecule has 0 saturated heterocycles. The molecule has 0 fully saturated rings. The van der Waals surface area contributed by atoms with Gasteiger partial charge in [-0.15, -0.1) is 5.10 Å². The highest BCUT2D eigenvalue weighted by Crippen LogP contribution is 2.29. The summed E-state index contributed by atoms with van der Waals surface area (Å²) in [5.74, 6) is -0.469. The Hall–Kier alpha value is -3.61. The molecule has 7 nitrogen and oxygen atoms in total. The van der Waals surface area contributed by atoms with E-state index in [1.165, 1.54) is 0 Å².